The molecule has 4 heterocycles. The Bertz CT molecular complexity index is 630. The third kappa shape index (κ3) is 4.37. The second-order valence-corrected chi connectivity index (χ2v) is 5.77. The van der Waals surface area contributed by atoms with Gasteiger partial charge in [-0.2, -0.15) is 0 Å². The molecular weight excluding hydrogens is 493 g/mol. The van der Waals surface area contributed by atoms with Crippen LogP contribution in [-0.4, -0.2) is 60.9 Å². The number of rotatable bonds is 4. The van der Waals surface area contributed by atoms with Crippen LogP contribution in [0.5, 0.6) is 0 Å². The Morgan fingerprint density at radius 2 is 1.20 bits per heavy atom. The van der Waals surface area contributed by atoms with Crippen LogP contribution < -0.4 is 9.62 Å². The van der Waals surface area contributed by atoms with Gasteiger partial charge in [-0.3, -0.25) is 0 Å². The molecule has 6 nitrogen and oxygen atoms in total. The number of hydrogen-bond acceptors (Lipinski definition) is 6. The van der Waals surface area contributed by atoms with Gasteiger partial charge in [0.2, 0.25) is 0 Å². The standard InChI is InChI=1S/C16H18B2N6.Pt/c1-3-7-19-15(5-1)23-13-11-21(17-23)9-10-22-12-14-24(18-22)16-6-2-4-8-20-16;/h1-10H,11-14H2;. The van der Waals surface area contributed by atoms with Crippen molar-refractivity contribution in [1.29, 1.82) is 0 Å². The maximum Gasteiger partial charge on any atom is 0.392 e. The number of hydrogen-bond donors (Lipinski definition) is 0. The van der Waals surface area contributed by atoms with Gasteiger partial charge in [0.05, 0.1) is 0 Å². The zero-order chi connectivity index (χ0) is 16.2. The van der Waals surface area contributed by atoms with E-state index in [0.717, 1.165) is 37.8 Å². The van der Waals surface area contributed by atoms with Crippen molar-refractivity contribution in [2.45, 2.75) is 0 Å². The molecule has 0 aromatic carbocycles. The van der Waals surface area contributed by atoms with E-state index >= 15 is 0 Å². The van der Waals surface area contributed by atoms with Crippen LogP contribution in [0.25, 0.3) is 0 Å². The summed E-state index contributed by atoms with van der Waals surface area (Å²) in [5.41, 5.74) is 0. The molecule has 0 aliphatic carbocycles. The minimum Gasteiger partial charge on any atom is -0.402 e. The largest absolute Gasteiger partial charge is 0.402 e. The predicted molar refractivity (Wildman–Crippen MR) is 97.2 cm³/mol. The number of nitrogens with zero attached hydrogens (tertiary/aromatic N) is 6. The van der Waals surface area contributed by atoms with Gasteiger partial charge in [0.15, 0.2) is 0 Å². The molecular formula is C16H18B2N6Pt. The van der Waals surface area contributed by atoms with E-state index in [9.17, 15) is 0 Å². The summed E-state index contributed by atoms with van der Waals surface area (Å²) in [5, 5.41) is 0. The van der Waals surface area contributed by atoms with E-state index in [4.69, 9.17) is 0 Å². The molecule has 2 radical (unpaired) electrons. The second kappa shape index (κ2) is 8.43. The van der Waals surface area contributed by atoms with Crippen LogP contribution in [0.3, 0.4) is 0 Å². The van der Waals surface area contributed by atoms with E-state index in [1.54, 1.807) is 0 Å². The summed E-state index contributed by atoms with van der Waals surface area (Å²) >= 11 is 0. The molecule has 4 rings (SSSR count). The maximum atomic E-state index is 4.39. The van der Waals surface area contributed by atoms with Crippen molar-refractivity contribution < 1.29 is 21.1 Å². The fraction of sp³-hybridized carbons (Fsp3) is 0.250. The molecule has 2 aliphatic rings. The normalized spacial score (nSPS) is 16.8. The molecule has 2 aromatic heterocycles. The van der Waals surface area contributed by atoms with Crippen molar-refractivity contribution in [1.82, 2.24) is 19.6 Å². The molecule has 2 saturated heterocycles. The van der Waals surface area contributed by atoms with Crippen LogP contribution in [0.2, 0.25) is 0 Å². The molecule has 0 spiro atoms. The second-order valence-electron chi connectivity index (χ2n) is 5.77. The fourth-order valence-corrected chi connectivity index (χ4v) is 2.83. The van der Waals surface area contributed by atoms with Gasteiger partial charge < -0.3 is 19.2 Å². The zero-order valence-corrected chi connectivity index (χ0v) is 16.0. The summed E-state index contributed by atoms with van der Waals surface area (Å²) in [4.78, 5) is 17.5. The molecule has 9 heteroatoms. The van der Waals surface area contributed by atoms with E-state index in [-0.39, 0.29) is 21.1 Å². The van der Waals surface area contributed by atoms with Crippen LogP contribution in [0.15, 0.2) is 61.2 Å². The van der Waals surface area contributed by atoms with Crippen molar-refractivity contribution in [3.05, 3.63) is 61.2 Å². The van der Waals surface area contributed by atoms with Crippen LogP contribution >= 0.6 is 0 Å². The molecule has 0 amide bonds. The molecule has 0 unspecified atom stereocenters. The van der Waals surface area contributed by atoms with Gasteiger partial charge >= 0.3 is 15.1 Å². The first kappa shape index (κ1) is 17.9. The van der Waals surface area contributed by atoms with Gasteiger partial charge in [-0.25, -0.2) is 9.97 Å². The number of pyridine rings is 2. The minimum absolute atomic E-state index is 0. The maximum absolute atomic E-state index is 4.39. The van der Waals surface area contributed by atoms with Crippen LogP contribution in [-0.2, 0) is 21.1 Å². The number of aromatic nitrogens is 2. The van der Waals surface area contributed by atoms with E-state index in [0.29, 0.717) is 0 Å². The van der Waals surface area contributed by atoms with Crippen LogP contribution in [0.4, 0.5) is 11.6 Å². The Hall–Kier alpha value is -1.94. The van der Waals surface area contributed by atoms with E-state index < -0.39 is 0 Å². The van der Waals surface area contributed by atoms with Gasteiger partial charge in [-0.15, -0.1) is 0 Å². The first-order valence-electron chi connectivity index (χ1n) is 8.14. The van der Waals surface area contributed by atoms with E-state index in [1.807, 2.05) is 48.8 Å². The summed E-state index contributed by atoms with van der Waals surface area (Å²) in [7, 11) is 4.21. The molecule has 2 aliphatic heterocycles. The van der Waals surface area contributed by atoms with Gasteiger partial charge in [-0.1, -0.05) is 12.1 Å². The zero-order valence-electron chi connectivity index (χ0n) is 13.8. The summed E-state index contributed by atoms with van der Waals surface area (Å²) in [6.45, 7) is 3.83. The first-order chi connectivity index (χ1) is 11.9. The quantitative estimate of drug-likeness (QED) is 0.571. The summed E-state index contributed by atoms with van der Waals surface area (Å²) in [6.07, 6.45) is 7.88. The smallest absolute Gasteiger partial charge is 0.392 e. The average Bonchev–Trinajstić information content (AvgIpc) is 3.31. The minimum atomic E-state index is 0. The molecule has 2 aromatic rings. The van der Waals surface area contributed by atoms with Crippen LogP contribution in [0, 0.1) is 0 Å². The Morgan fingerprint density at radius 1 is 0.720 bits per heavy atom. The van der Waals surface area contributed by atoms with Crippen molar-refractivity contribution in [2.75, 3.05) is 35.8 Å². The van der Waals surface area contributed by atoms with Crippen molar-refractivity contribution in [3.8, 4) is 0 Å². The summed E-state index contributed by atoms with van der Waals surface area (Å²) in [5.74, 6) is 1.98. The number of anilines is 2. The molecule has 25 heavy (non-hydrogen) atoms. The van der Waals surface area contributed by atoms with E-state index in [1.165, 1.54) is 0 Å². The monoisotopic (exact) mass is 511 g/mol. The van der Waals surface area contributed by atoms with Crippen molar-refractivity contribution >= 4 is 26.7 Å². The molecule has 0 saturated carbocycles. The van der Waals surface area contributed by atoms with Gasteiger partial charge in [0, 0.05) is 72.0 Å². The molecule has 0 atom stereocenters. The Balaban J connectivity index is 0.00000182. The van der Waals surface area contributed by atoms with Gasteiger partial charge in [-0.05, 0) is 24.3 Å². The van der Waals surface area contributed by atoms with Gasteiger partial charge in [0.25, 0.3) is 0 Å². The molecule has 128 valence electrons. The van der Waals surface area contributed by atoms with Crippen LogP contribution in [0.1, 0.15) is 0 Å². The summed E-state index contributed by atoms with van der Waals surface area (Å²) in [6, 6.07) is 12.0. The van der Waals surface area contributed by atoms with Crippen molar-refractivity contribution in [3.63, 3.8) is 0 Å². The fourth-order valence-electron chi connectivity index (χ4n) is 2.83. The average molecular weight is 511 g/mol. The Morgan fingerprint density at radius 3 is 1.60 bits per heavy atom. The summed E-state index contributed by atoms with van der Waals surface area (Å²) < 4.78 is 0. The molecule has 0 N–H and O–H groups in total. The van der Waals surface area contributed by atoms with Gasteiger partial charge in [0.1, 0.15) is 11.6 Å². The van der Waals surface area contributed by atoms with Crippen molar-refractivity contribution in [2.24, 2.45) is 0 Å². The predicted octanol–water partition coefficient (Wildman–Crippen LogP) is 0.958. The Kier molecular flexibility index (Phi) is 6.03. The molecule has 2 fully saturated rings. The Labute approximate surface area is 164 Å². The third-order valence-corrected chi connectivity index (χ3v) is 4.11. The SMILES string of the molecule is [B]1N(C=CN2[B]N(c3ccccn3)CC2)CCN1c1ccccn1.[Pt]. The first-order valence-corrected chi connectivity index (χ1v) is 8.14. The topological polar surface area (TPSA) is 38.7 Å². The van der Waals surface area contributed by atoms with E-state index in [2.05, 4.69) is 56.7 Å². The molecule has 0 bridgehead atoms. The third-order valence-electron chi connectivity index (χ3n) is 4.11.